The van der Waals surface area contributed by atoms with Crippen molar-refractivity contribution in [3.8, 4) is 11.5 Å². The molecule has 0 aliphatic carbocycles. The average Bonchev–Trinajstić information content (AvgIpc) is 2.29. The van der Waals surface area contributed by atoms with Gasteiger partial charge in [0.15, 0.2) is 11.5 Å². The molecule has 2 rings (SSSR count). The van der Waals surface area contributed by atoms with Gasteiger partial charge in [-0.15, -0.1) is 0 Å². The lowest BCUT2D eigenvalue weighted by Gasteiger charge is -2.21. The molecular weight excluding hydrogens is 192 g/mol. The number of ether oxygens (including phenoxy) is 2. The van der Waals surface area contributed by atoms with Crippen LogP contribution in [0.5, 0.6) is 11.5 Å². The largest absolute Gasteiger partial charge is 0.486 e. The zero-order chi connectivity index (χ0) is 10.7. The molecule has 0 aromatic heterocycles. The first kappa shape index (κ1) is 10.0. The second-order valence-corrected chi connectivity index (χ2v) is 3.76. The number of carbonyl (C=O) groups excluding carboxylic acids is 1. The van der Waals surface area contributed by atoms with E-state index in [1.54, 1.807) is 0 Å². The molecule has 0 bridgehead atoms. The molecule has 0 fully saturated rings. The fraction of sp³-hybridized carbons (Fsp3) is 0.417. The second kappa shape index (κ2) is 4.34. The molecule has 0 N–H and O–H groups in total. The Bertz CT molecular complexity index is 360. The maximum atomic E-state index is 10.6. The van der Waals surface area contributed by atoms with Crippen LogP contribution >= 0.6 is 0 Å². The van der Waals surface area contributed by atoms with Crippen LogP contribution in [0, 0.1) is 5.92 Å². The van der Waals surface area contributed by atoms with Gasteiger partial charge < -0.3 is 14.3 Å². The van der Waals surface area contributed by atoms with Gasteiger partial charge in [0.2, 0.25) is 0 Å². The van der Waals surface area contributed by atoms with Crippen LogP contribution in [0.25, 0.3) is 0 Å². The molecule has 1 aliphatic heterocycles. The molecule has 0 amide bonds. The molecule has 1 aromatic carbocycles. The van der Waals surface area contributed by atoms with Crippen LogP contribution in [0.4, 0.5) is 0 Å². The standard InChI is InChI=1S/C12H14O3/c1-9(8-13)7-10-3-2-4-11-12(10)15-6-5-14-11/h2-4,8-9H,5-7H2,1H3. The lowest BCUT2D eigenvalue weighted by molar-refractivity contribution is -0.110. The highest BCUT2D eigenvalue weighted by atomic mass is 16.6. The number of hydrogen-bond acceptors (Lipinski definition) is 3. The van der Waals surface area contributed by atoms with E-state index in [0.717, 1.165) is 23.3 Å². The Hall–Kier alpha value is -1.51. The number of aldehydes is 1. The van der Waals surface area contributed by atoms with Gasteiger partial charge in [-0.3, -0.25) is 0 Å². The topological polar surface area (TPSA) is 35.5 Å². The summed E-state index contributed by atoms with van der Waals surface area (Å²) in [5, 5.41) is 0. The summed E-state index contributed by atoms with van der Waals surface area (Å²) in [6, 6.07) is 5.80. The Kier molecular flexibility index (Phi) is 2.90. The zero-order valence-electron chi connectivity index (χ0n) is 8.73. The summed E-state index contributed by atoms with van der Waals surface area (Å²) in [5.41, 5.74) is 1.05. The third kappa shape index (κ3) is 2.12. The van der Waals surface area contributed by atoms with Crippen molar-refractivity contribution in [2.75, 3.05) is 13.2 Å². The monoisotopic (exact) mass is 206 g/mol. The van der Waals surface area contributed by atoms with Crippen molar-refractivity contribution >= 4 is 6.29 Å². The number of fused-ring (bicyclic) bond motifs is 1. The Labute approximate surface area is 89.0 Å². The van der Waals surface area contributed by atoms with E-state index < -0.39 is 0 Å². The molecule has 15 heavy (non-hydrogen) atoms. The normalized spacial score (nSPS) is 15.8. The highest BCUT2D eigenvalue weighted by Gasteiger charge is 2.16. The van der Waals surface area contributed by atoms with Gasteiger partial charge in [-0.2, -0.15) is 0 Å². The van der Waals surface area contributed by atoms with E-state index in [4.69, 9.17) is 9.47 Å². The van der Waals surface area contributed by atoms with Gasteiger partial charge in [-0.25, -0.2) is 0 Å². The maximum Gasteiger partial charge on any atom is 0.164 e. The summed E-state index contributed by atoms with van der Waals surface area (Å²) in [6.45, 7) is 3.08. The molecule has 80 valence electrons. The Morgan fingerprint density at radius 1 is 1.40 bits per heavy atom. The summed E-state index contributed by atoms with van der Waals surface area (Å²) >= 11 is 0. The van der Waals surface area contributed by atoms with E-state index in [1.807, 2.05) is 25.1 Å². The minimum atomic E-state index is 0.0158. The van der Waals surface area contributed by atoms with Crippen LogP contribution in [0.15, 0.2) is 18.2 Å². The molecule has 1 aliphatic rings. The first-order valence-corrected chi connectivity index (χ1v) is 5.14. The highest BCUT2D eigenvalue weighted by Crippen LogP contribution is 2.34. The molecule has 0 saturated carbocycles. The predicted octanol–water partition coefficient (Wildman–Crippen LogP) is 1.84. The molecule has 0 radical (unpaired) electrons. The van der Waals surface area contributed by atoms with Crippen molar-refractivity contribution in [3.05, 3.63) is 23.8 Å². The van der Waals surface area contributed by atoms with E-state index in [2.05, 4.69) is 0 Å². The van der Waals surface area contributed by atoms with Gasteiger partial charge in [0.25, 0.3) is 0 Å². The SMILES string of the molecule is CC(C=O)Cc1cccc2c1OCCO2. The molecule has 0 saturated heterocycles. The number of carbonyl (C=O) groups is 1. The van der Waals surface area contributed by atoms with E-state index in [-0.39, 0.29) is 5.92 Å². The van der Waals surface area contributed by atoms with Gasteiger partial charge in [0.05, 0.1) is 0 Å². The molecule has 1 aromatic rings. The van der Waals surface area contributed by atoms with Crippen molar-refractivity contribution in [3.63, 3.8) is 0 Å². The summed E-state index contributed by atoms with van der Waals surface area (Å²) in [6.07, 6.45) is 1.67. The number of benzene rings is 1. The fourth-order valence-electron chi connectivity index (χ4n) is 1.69. The minimum absolute atomic E-state index is 0.0158. The van der Waals surface area contributed by atoms with Crippen LogP contribution in [0.3, 0.4) is 0 Å². The van der Waals surface area contributed by atoms with Crippen molar-refractivity contribution in [1.29, 1.82) is 0 Å². The number of hydrogen-bond donors (Lipinski definition) is 0. The van der Waals surface area contributed by atoms with Gasteiger partial charge in [-0.05, 0) is 18.1 Å². The Morgan fingerprint density at radius 2 is 2.20 bits per heavy atom. The second-order valence-electron chi connectivity index (χ2n) is 3.76. The summed E-state index contributed by atoms with van der Waals surface area (Å²) in [7, 11) is 0. The average molecular weight is 206 g/mol. The first-order valence-electron chi connectivity index (χ1n) is 5.14. The van der Waals surface area contributed by atoms with Crippen molar-refractivity contribution in [1.82, 2.24) is 0 Å². The highest BCUT2D eigenvalue weighted by molar-refractivity contribution is 5.55. The Morgan fingerprint density at radius 3 is 3.00 bits per heavy atom. The maximum absolute atomic E-state index is 10.6. The van der Waals surface area contributed by atoms with Crippen LogP contribution in [0.1, 0.15) is 12.5 Å². The van der Waals surface area contributed by atoms with Crippen LogP contribution in [-0.4, -0.2) is 19.5 Å². The lowest BCUT2D eigenvalue weighted by atomic mass is 10.0. The molecule has 1 heterocycles. The van der Waals surface area contributed by atoms with Crippen LogP contribution in [-0.2, 0) is 11.2 Å². The quantitative estimate of drug-likeness (QED) is 0.708. The number of para-hydroxylation sites is 1. The molecule has 3 nitrogen and oxygen atoms in total. The third-order valence-electron chi connectivity index (χ3n) is 2.42. The van der Waals surface area contributed by atoms with Crippen LogP contribution < -0.4 is 9.47 Å². The van der Waals surface area contributed by atoms with Crippen LogP contribution in [0.2, 0.25) is 0 Å². The summed E-state index contributed by atoms with van der Waals surface area (Å²) < 4.78 is 11.0. The molecular formula is C12H14O3. The van der Waals surface area contributed by atoms with Gasteiger partial charge in [0.1, 0.15) is 19.5 Å². The predicted molar refractivity (Wildman–Crippen MR) is 56.4 cm³/mol. The van der Waals surface area contributed by atoms with E-state index in [1.165, 1.54) is 0 Å². The Balaban J connectivity index is 2.26. The third-order valence-corrected chi connectivity index (χ3v) is 2.42. The zero-order valence-corrected chi connectivity index (χ0v) is 8.73. The van der Waals surface area contributed by atoms with Crippen molar-refractivity contribution in [2.24, 2.45) is 5.92 Å². The fourth-order valence-corrected chi connectivity index (χ4v) is 1.69. The van der Waals surface area contributed by atoms with E-state index in [9.17, 15) is 4.79 Å². The smallest absolute Gasteiger partial charge is 0.164 e. The van der Waals surface area contributed by atoms with E-state index in [0.29, 0.717) is 19.6 Å². The summed E-state index contributed by atoms with van der Waals surface area (Å²) in [5.74, 6) is 1.61. The van der Waals surface area contributed by atoms with Crippen molar-refractivity contribution < 1.29 is 14.3 Å². The number of rotatable bonds is 3. The van der Waals surface area contributed by atoms with Gasteiger partial charge in [0, 0.05) is 5.92 Å². The van der Waals surface area contributed by atoms with E-state index >= 15 is 0 Å². The van der Waals surface area contributed by atoms with Crippen molar-refractivity contribution in [2.45, 2.75) is 13.3 Å². The van der Waals surface area contributed by atoms with Gasteiger partial charge in [-0.1, -0.05) is 19.1 Å². The molecule has 0 spiro atoms. The molecule has 1 atom stereocenters. The minimum Gasteiger partial charge on any atom is -0.486 e. The summed E-state index contributed by atoms with van der Waals surface area (Å²) in [4.78, 5) is 10.6. The molecule has 1 unspecified atom stereocenters. The first-order chi connectivity index (χ1) is 7.31. The van der Waals surface area contributed by atoms with Gasteiger partial charge >= 0.3 is 0 Å². The molecule has 3 heteroatoms. The lowest BCUT2D eigenvalue weighted by Crippen LogP contribution is -2.17.